The predicted molar refractivity (Wildman–Crippen MR) is 95.2 cm³/mol. The average Bonchev–Trinajstić information content (AvgIpc) is 2.60. The third-order valence-electron chi connectivity index (χ3n) is 3.94. The van der Waals surface area contributed by atoms with Crippen molar-refractivity contribution < 1.29 is 14.3 Å². The van der Waals surface area contributed by atoms with Gasteiger partial charge in [0.1, 0.15) is 11.5 Å². The summed E-state index contributed by atoms with van der Waals surface area (Å²) < 4.78 is 10.7. The Morgan fingerprint density at radius 3 is 2.54 bits per heavy atom. The summed E-state index contributed by atoms with van der Waals surface area (Å²) >= 11 is 5.80. The second-order valence-corrected chi connectivity index (χ2v) is 5.71. The Balaban J connectivity index is 2.35. The highest BCUT2D eigenvalue weighted by atomic mass is 35.5. The molecule has 4 nitrogen and oxygen atoms in total. The van der Waals surface area contributed by atoms with Gasteiger partial charge in [-0.3, -0.25) is 4.79 Å². The van der Waals surface area contributed by atoms with Crippen LogP contribution in [0, 0.1) is 6.92 Å². The fraction of sp³-hybridized carbons (Fsp3) is 0.158. The zero-order valence-electron chi connectivity index (χ0n) is 13.6. The number of rotatable bonds is 4. The number of carbonyl (C=O) groups excluding carboxylic acids is 1. The summed E-state index contributed by atoms with van der Waals surface area (Å²) in [7, 11) is 3.18. The summed E-state index contributed by atoms with van der Waals surface area (Å²) in [4.78, 5) is 16.6. The Bertz CT molecular complexity index is 937. The van der Waals surface area contributed by atoms with Crippen molar-refractivity contribution in [2.75, 3.05) is 14.2 Å². The number of benzene rings is 2. The Labute approximate surface area is 145 Å². The van der Waals surface area contributed by atoms with Crippen LogP contribution in [0.1, 0.15) is 15.9 Å². The van der Waals surface area contributed by atoms with Gasteiger partial charge in [0.2, 0.25) is 0 Å². The molecule has 122 valence electrons. The maximum Gasteiger partial charge on any atom is 0.253 e. The molecule has 0 atom stereocenters. The quantitative estimate of drug-likeness (QED) is 0.650. The molecule has 0 radical (unpaired) electrons. The maximum absolute atomic E-state index is 11.9. The Morgan fingerprint density at radius 2 is 1.88 bits per heavy atom. The number of aromatic nitrogens is 1. The highest BCUT2D eigenvalue weighted by Crippen LogP contribution is 2.35. The van der Waals surface area contributed by atoms with Crippen molar-refractivity contribution in [2.45, 2.75) is 6.92 Å². The lowest BCUT2D eigenvalue weighted by Crippen LogP contribution is -1.98. The van der Waals surface area contributed by atoms with Crippen molar-refractivity contribution in [2.24, 2.45) is 0 Å². The van der Waals surface area contributed by atoms with Crippen molar-refractivity contribution >= 4 is 27.7 Å². The number of carbonyl (C=O) groups is 1. The molecule has 1 aromatic heterocycles. The number of pyridine rings is 1. The fourth-order valence-corrected chi connectivity index (χ4v) is 2.86. The second-order valence-electron chi connectivity index (χ2n) is 5.37. The van der Waals surface area contributed by atoms with Gasteiger partial charge in [0.05, 0.1) is 25.4 Å². The summed E-state index contributed by atoms with van der Waals surface area (Å²) in [6, 6.07) is 12.8. The Hall–Kier alpha value is -2.59. The van der Waals surface area contributed by atoms with Gasteiger partial charge in [0.25, 0.3) is 5.24 Å². The van der Waals surface area contributed by atoms with Crippen LogP contribution in [0.4, 0.5) is 0 Å². The summed E-state index contributed by atoms with van der Waals surface area (Å²) in [6.45, 7) is 1.95. The summed E-state index contributed by atoms with van der Waals surface area (Å²) in [5.74, 6) is 1.32. The maximum atomic E-state index is 11.9. The van der Waals surface area contributed by atoms with Crippen LogP contribution in [0.15, 0.2) is 42.5 Å². The zero-order chi connectivity index (χ0) is 17.3. The van der Waals surface area contributed by atoms with E-state index in [1.165, 1.54) is 0 Å². The number of ether oxygens (including phenoxy) is 2. The minimum atomic E-state index is -0.517. The molecule has 0 aliphatic carbocycles. The largest absolute Gasteiger partial charge is 0.497 e. The van der Waals surface area contributed by atoms with Crippen molar-refractivity contribution in [1.29, 1.82) is 0 Å². The first-order valence-electron chi connectivity index (χ1n) is 7.37. The molecule has 0 unspecified atom stereocenters. The van der Waals surface area contributed by atoms with E-state index in [9.17, 15) is 4.79 Å². The van der Waals surface area contributed by atoms with E-state index in [-0.39, 0.29) is 0 Å². The second kappa shape index (κ2) is 6.49. The van der Waals surface area contributed by atoms with E-state index in [0.717, 1.165) is 22.0 Å². The van der Waals surface area contributed by atoms with Crippen LogP contribution < -0.4 is 9.47 Å². The third kappa shape index (κ3) is 2.81. The summed E-state index contributed by atoms with van der Waals surface area (Å²) in [6.07, 6.45) is 0. The van der Waals surface area contributed by atoms with Gasteiger partial charge in [-0.15, -0.1) is 0 Å². The molecule has 3 rings (SSSR count). The first-order valence-corrected chi connectivity index (χ1v) is 7.75. The topological polar surface area (TPSA) is 48.4 Å². The molecule has 0 spiro atoms. The molecule has 0 saturated carbocycles. The minimum absolute atomic E-state index is 0.422. The van der Waals surface area contributed by atoms with Gasteiger partial charge in [0.15, 0.2) is 0 Å². The molecule has 0 N–H and O–H groups in total. The van der Waals surface area contributed by atoms with Gasteiger partial charge >= 0.3 is 0 Å². The molecule has 0 saturated heterocycles. The van der Waals surface area contributed by atoms with E-state index in [2.05, 4.69) is 0 Å². The van der Waals surface area contributed by atoms with E-state index in [1.807, 2.05) is 37.3 Å². The molecule has 5 heteroatoms. The number of aryl methyl sites for hydroxylation is 1. The first-order chi connectivity index (χ1) is 11.5. The lowest BCUT2D eigenvalue weighted by Gasteiger charge is -2.13. The molecule has 0 amide bonds. The number of hydrogen-bond acceptors (Lipinski definition) is 4. The minimum Gasteiger partial charge on any atom is -0.497 e. The lowest BCUT2D eigenvalue weighted by molar-refractivity contribution is 0.108. The monoisotopic (exact) mass is 341 g/mol. The van der Waals surface area contributed by atoms with Crippen molar-refractivity contribution in [3.8, 4) is 22.8 Å². The normalized spacial score (nSPS) is 10.7. The average molecular weight is 342 g/mol. The summed E-state index contributed by atoms with van der Waals surface area (Å²) in [5.41, 5.74) is 3.47. The molecule has 3 aromatic rings. The van der Waals surface area contributed by atoms with E-state index >= 15 is 0 Å². The van der Waals surface area contributed by atoms with Crippen LogP contribution in [0.2, 0.25) is 0 Å². The summed E-state index contributed by atoms with van der Waals surface area (Å²) in [5, 5.41) is 0.219. The lowest BCUT2D eigenvalue weighted by atomic mass is 10.0. The molecule has 0 aliphatic heterocycles. The van der Waals surface area contributed by atoms with Crippen LogP contribution in [0.3, 0.4) is 0 Å². The van der Waals surface area contributed by atoms with Crippen LogP contribution in [0.25, 0.3) is 22.2 Å². The van der Waals surface area contributed by atoms with Crippen molar-refractivity contribution in [1.82, 2.24) is 4.98 Å². The van der Waals surface area contributed by atoms with Gasteiger partial charge in [0, 0.05) is 16.5 Å². The van der Waals surface area contributed by atoms with Crippen LogP contribution in [-0.2, 0) is 0 Å². The number of methoxy groups -OCH3 is 2. The number of para-hydroxylation sites is 1. The molecular weight excluding hydrogens is 326 g/mol. The molecule has 0 fully saturated rings. The SMILES string of the molecule is COc1ccc(OC)c(-c2cc(C(=O)Cl)c3cccc(C)c3n2)c1. The van der Waals surface area contributed by atoms with Gasteiger partial charge in [-0.2, -0.15) is 0 Å². The van der Waals surface area contributed by atoms with E-state index in [1.54, 1.807) is 26.4 Å². The molecular formula is C19H16ClNO3. The van der Waals surface area contributed by atoms with Crippen LogP contribution in [-0.4, -0.2) is 24.4 Å². The van der Waals surface area contributed by atoms with Gasteiger partial charge in [-0.1, -0.05) is 18.2 Å². The van der Waals surface area contributed by atoms with E-state index < -0.39 is 5.24 Å². The highest BCUT2D eigenvalue weighted by molar-refractivity contribution is 6.68. The van der Waals surface area contributed by atoms with E-state index in [4.69, 9.17) is 26.1 Å². The smallest absolute Gasteiger partial charge is 0.253 e. The standard InChI is InChI=1S/C19H16ClNO3/c1-11-5-4-6-13-14(19(20)22)10-16(21-18(11)13)15-9-12(23-2)7-8-17(15)24-3/h4-10H,1-3H3. The molecule has 0 aliphatic rings. The molecule has 2 aromatic carbocycles. The van der Waals surface area contributed by atoms with Gasteiger partial charge in [-0.25, -0.2) is 4.98 Å². The third-order valence-corrected chi connectivity index (χ3v) is 4.14. The number of halogens is 1. The fourth-order valence-electron chi connectivity index (χ4n) is 2.71. The van der Waals surface area contributed by atoms with Crippen LogP contribution in [0.5, 0.6) is 11.5 Å². The van der Waals surface area contributed by atoms with Crippen LogP contribution >= 0.6 is 11.6 Å². The number of fused-ring (bicyclic) bond motifs is 1. The highest BCUT2D eigenvalue weighted by Gasteiger charge is 2.16. The Morgan fingerprint density at radius 1 is 1.08 bits per heavy atom. The zero-order valence-corrected chi connectivity index (χ0v) is 14.3. The van der Waals surface area contributed by atoms with Gasteiger partial charge in [-0.05, 0) is 48.4 Å². The van der Waals surface area contributed by atoms with Gasteiger partial charge < -0.3 is 9.47 Å². The first kappa shape index (κ1) is 16.3. The number of hydrogen-bond donors (Lipinski definition) is 0. The molecule has 24 heavy (non-hydrogen) atoms. The number of nitrogens with zero attached hydrogens (tertiary/aromatic N) is 1. The molecule has 1 heterocycles. The molecule has 0 bridgehead atoms. The van der Waals surface area contributed by atoms with Crippen molar-refractivity contribution in [3.05, 3.63) is 53.6 Å². The predicted octanol–water partition coefficient (Wildman–Crippen LogP) is 4.61. The Kier molecular flexibility index (Phi) is 4.40. The van der Waals surface area contributed by atoms with Crippen molar-refractivity contribution in [3.63, 3.8) is 0 Å². The van der Waals surface area contributed by atoms with E-state index in [0.29, 0.717) is 22.8 Å².